The molecule has 0 spiro atoms. The van der Waals surface area contributed by atoms with Crippen molar-refractivity contribution in [2.24, 2.45) is 4.99 Å². The van der Waals surface area contributed by atoms with E-state index >= 15 is 0 Å². The molecule has 11 heavy (non-hydrogen) atoms. The monoisotopic (exact) mass is 167 g/mol. The van der Waals surface area contributed by atoms with Crippen LogP contribution in [0.5, 0.6) is 0 Å². The van der Waals surface area contributed by atoms with Gasteiger partial charge in [0.05, 0.1) is 11.4 Å². The molecule has 0 fully saturated rings. The Morgan fingerprint density at radius 1 is 1.64 bits per heavy atom. The number of nitrogens with zero attached hydrogens (tertiary/aromatic N) is 2. The minimum absolute atomic E-state index is 0.0698. The van der Waals surface area contributed by atoms with Crippen molar-refractivity contribution in [3.8, 4) is 0 Å². The van der Waals surface area contributed by atoms with Crippen LogP contribution in [0.4, 0.5) is 0 Å². The van der Waals surface area contributed by atoms with E-state index in [0.717, 1.165) is 10.7 Å². The zero-order valence-electron chi connectivity index (χ0n) is 5.57. The van der Waals surface area contributed by atoms with E-state index in [4.69, 9.17) is 0 Å². The van der Waals surface area contributed by atoms with Crippen LogP contribution in [0.3, 0.4) is 0 Å². The molecule has 1 N–H and O–H groups in total. The average molecular weight is 167 g/mol. The summed E-state index contributed by atoms with van der Waals surface area (Å²) in [4.78, 5) is 14.5. The second kappa shape index (κ2) is 2.50. The molecular weight excluding hydrogens is 162 g/mol. The van der Waals surface area contributed by atoms with Gasteiger partial charge in [-0.1, -0.05) is 11.8 Å². The highest BCUT2D eigenvalue weighted by Crippen LogP contribution is 2.17. The fourth-order valence-corrected chi connectivity index (χ4v) is 1.58. The number of nitrogens with one attached hydrogen (secondary N) is 1. The van der Waals surface area contributed by atoms with Crippen molar-refractivity contribution >= 4 is 22.7 Å². The lowest BCUT2D eigenvalue weighted by Crippen LogP contribution is -1.91. The zero-order chi connectivity index (χ0) is 7.68. The zero-order valence-corrected chi connectivity index (χ0v) is 6.39. The molecule has 0 aliphatic carbocycles. The summed E-state index contributed by atoms with van der Waals surface area (Å²) in [6.45, 7) is 0. The third-order valence-corrected chi connectivity index (χ3v) is 2.27. The molecule has 1 aromatic rings. The second-order valence-corrected chi connectivity index (χ2v) is 3.03. The number of aliphatic imine (C=N–C) groups is 1. The Labute approximate surface area is 67.1 Å². The van der Waals surface area contributed by atoms with Crippen LogP contribution in [-0.4, -0.2) is 26.9 Å². The summed E-state index contributed by atoms with van der Waals surface area (Å²) >= 11 is 1.44. The van der Waals surface area contributed by atoms with Gasteiger partial charge in [0, 0.05) is 6.20 Å². The number of amides is 1. The van der Waals surface area contributed by atoms with Crippen LogP contribution in [0.25, 0.3) is 0 Å². The van der Waals surface area contributed by atoms with E-state index in [1.54, 1.807) is 12.3 Å². The summed E-state index contributed by atoms with van der Waals surface area (Å²) < 4.78 is 0. The van der Waals surface area contributed by atoms with Crippen molar-refractivity contribution in [1.82, 2.24) is 10.2 Å². The minimum Gasteiger partial charge on any atom is -0.276 e. The number of carbonyl (C=O) groups excluding carboxylic acids is 1. The van der Waals surface area contributed by atoms with Crippen molar-refractivity contribution in [3.63, 3.8) is 0 Å². The van der Waals surface area contributed by atoms with E-state index in [0.29, 0.717) is 5.75 Å². The number of carbonyl (C=O) groups is 1. The number of H-pyrrole nitrogens is 1. The number of hydrogen-bond acceptors (Lipinski definition) is 3. The predicted molar refractivity (Wildman–Crippen MR) is 42.6 cm³/mol. The van der Waals surface area contributed by atoms with Gasteiger partial charge in [-0.05, 0) is 6.07 Å². The Hall–Kier alpha value is -1.10. The van der Waals surface area contributed by atoms with Crippen LogP contribution in [0.15, 0.2) is 17.3 Å². The molecule has 0 bridgehead atoms. The normalized spacial score (nSPS) is 17.1. The summed E-state index contributed by atoms with van der Waals surface area (Å²) in [7, 11) is 0. The highest BCUT2D eigenvalue weighted by molar-refractivity contribution is 8.15. The van der Waals surface area contributed by atoms with Gasteiger partial charge in [0.15, 0.2) is 0 Å². The van der Waals surface area contributed by atoms with Crippen LogP contribution >= 0.6 is 11.8 Å². The summed E-state index contributed by atoms with van der Waals surface area (Å²) in [5, 5.41) is 7.25. The van der Waals surface area contributed by atoms with Gasteiger partial charge in [0.25, 0.3) is 5.91 Å². The maximum absolute atomic E-state index is 10.7. The Bertz CT molecular complexity index is 304. The van der Waals surface area contributed by atoms with E-state index in [1.807, 2.05) is 0 Å². The summed E-state index contributed by atoms with van der Waals surface area (Å²) in [6.07, 6.45) is 1.64. The first kappa shape index (κ1) is 6.60. The lowest BCUT2D eigenvalue weighted by atomic mass is 10.5. The van der Waals surface area contributed by atoms with Gasteiger partial charge in [-0.25, -0.2) is 4.99 Å². The molecule has 1 aliphatic rings. The topological polar surface area (TPSA) is 58.1 Å². The molecule has 5 heteroatoms. The average Bonchev–Trinajstić information content (AvgIpc) is 2.55. The van der Waals surface area contributed by atoms with Gasteiger partial charge >= 0.3 is 0 Å². The Morgan fingerprint density at radius 2 is 2.55 bits per heavy atom. The van der Waals surface area contributed by atoms with E-state index in [1.165, 1.54) is 11.8 Å². The van der Waals surface area contributed by atoms with Crippen molar-refractivity contribution in [2.45, 2.75) is 0 Å². The Morgan fingerprint density at radius 3 is 3.09 bits per heavy atom. The molecular formula is C6H5N3OS. The summed E-state index contributed by atoms with van der Waals surface area (Å²) in [6, 6.07) is 1.80. The molecule has 1 aliphatic heterocycles. The van der Waals surface area contributed by atoms with Crippen LogP contribution in [0.2, 0.25) is 0 Å². The summed E-state index contributed by atoms with van der Waals surface area (Å²) in [5.74, 6) is 0.383. The highest BCUT2D eigenvalue weighted by atomic mass is 32.2. The quantitative estimate of drug-likeness (QED) is 0.659. The van der Waals surface area contributed by atoms with Crippen LogP contribution in [-0.2, 0) is 4.79 Å². The van der Waals surface area contributed by atoms with Gasteiger partial charge < -0.3 is 0 Å². The number of thioether (sulfide) groups is 1. The van der Waals surface area contributed by atoms with Crippen LogP contribution < -0.4 is 0 Å². The first-order chi connectivity index (χ1) is 5.36. The highest BCUT2D eigenvalue weighted by Gasteiger charge is 2.16. The molecule has 0 atom stereocenters. The molecule has 1 amide bonds. The van der Waals surface area contributed by atoms with Crippen molar-refractivity contribution in [1.29, 1.82) is 0 Å². The van der Waals surface area contributed by atoms with Crippen molar-refractivity contribution in [2.75, 3.05) is 5.75 Å². The molecule has 0 saturated heterocycles. The standard InChI is InChI=1S/C6H5N3OS/c10-5-3-11-6(8-5)4-1-2-7-9-4/h1-2H,3H2,(H,7,9). The molecule has 0 aromatic carbocycles. The van der Waals surface area contributed by atoms with Gasteiger partial charge in [0.2, 0.25) is 0 Å². The smallest absolute Gasteiger partial charge is 0.257 e. The number of aromatic amines is 1. The second-order valence-electron chi connectivity index (χ2n) is 2.07. The molecule has 2 rings (SSSR count). The maximum Gasteiger partial charge on any atom is 0.257 e. The van der Waals surface area contributed by atoms with Crippen molar-refractivity contribution < 1.29 is 4.79 Å². The van der Waals surface area contributed by atoms with E-state index in [2.05, 4.69) is 15.2 Å². The maximum atomic E-state index is 10.7. The third kappa shape index (κ3) is 1.19. The van der Waals surface area contributed by atoms with Crippen LogP contribution in [0, 0.1) is 0 Å². The molecule has 4 nitrogen and oxygen atoms in total. The van der Waals surface area contributed by atoms with Gasteiger partial charge in [-0.2, -0.15) is 5.10 Å². The van der Waals surface area contributed by atoms with E-state index in [-0.39, 0.29) is 5.91 Å². The molecule has 2 heterocycles. The SMILES string of the molecule is O=C1CSC(c2ccn[nH]2)=N1. The first-order valence-electron chi connectivity index (χ1n) is 3.10. The molecule has 1 aromatic heterocycles. The van der Waals surface area contributed by atoms with E-state index in [9.17, 15) is 4.79 Å². The predicted octanol–water partition coefficient (Wildman–Crippen LogP) is 0.430. The number of aromatic nitrogens is 2. The third-order valence-electron chi connectivity index (χ3n) is 1.29. The molecule has 0 unspecified atom stereocenters. The lowest BCUT2D eigenvalue weighted by Gasteiger charge is -1.89. The van der Waals surface area contributed by atoms with Gasteiger partial charge in [-0.15, -0.1) is 0 Å². The van der Waals surface area contributed by atoms with E-state index < -0.39 is 0 Å². The first-order valence-corrected chi connectivity index (χ1v) is 4.09. The minimum atomic E-state index is -0.0698. The van der Waals surface area contributed by atoms with Crippen molar-refractivity contribution in [3.05, 3.63) is 18.0 Å². The Balaban J connectivity index is 2.31. The molecule has 0 radical (unpaired) electrons. The number of rotatable bonds is 1. The summed E-state index contributed by atoms with van der Waals surface area (Å²) in [5.41, 5.74) is 0.820. The van der Waals surface area contributed by atoms with Gasteiger partial charge in [0.1, 0.15) is 5.04 Å². The Kier molecular flexibility index (Phi) is 1.50. The largest absolute Gasteiger partial charge is 0.276 e. The molecule has 56 valence electrons. The van der Waals surface area contributed by atoms with Crippen LogP contribution in [0.1, 0.15) is 5.69 Å². The molecule has 0 saturated carbocycles. The van der Waals surface area contributed by atoms with Gasteiger partial charge in [-0.3, -0.25) is 9.89 Å². The lowest BCUT2D eigenvalue weighted by molar-refractivity contribution is -0.115. The number of hydrogen-bond donors (Lipinski definition) is 1. The fraction of sp³-hybridized carbons (Fsp3) is 0.167. The fourth-order valence-electron chi connectivity index (χ4n) is 0.821.